The minimum Gasteiger partial charge on any atom is -0.459 e. The van der Waals surface area contributed by atoms with Crippen LogP contribution in [0.3, 0.4) is 0 Å². The van der Waals surface area contributed by atoms with Crippen LogP contribution in [0.15, 0.2) is 47.8 Å². The fourth-order valence-electron chi connectivity index (χ4n) is 4.98. The van der Waals surface area contributed by atoms with Crippen LogP contribution in [0.25, 0.3) is 0 Å². The molecular formula is C24H33Cl2N5O2. The largest absolute Gasteiger partial charge is 0.459 e. The predicted molar refractivity (Wildman–Crippen MR) is 132 cm³/mol. The molecule has 0 spiro atoms. The molecule has 3 N–H and O–H groups in total. The van der Waals surface area contributed by atoms with Crippen molar-refractivity contribution in [3.05, 3.63) is 58.4 Å². The molecule has 2 saturated heterocycles. The van der Waals surface area contributed by atoms with E-state index in [1.165, 1.54) is 12.5 Å². The summed E-state index contributed by atoms with van der Waals surface area (Å²) in [7, 11) is 0. The number of nitrogens with one attached hydrogen (secondary N) is 1. The van der Waals surface area contributed by atoms with Gasteiger partial charge in [0, 0.05) is 63.3 Å². The monoisotopic (exact) mass is 493 g/mol. The zero-order valence-electron chi connectivity index (χ0n) is 19.1. The summed E-state index contributed by atoms with van der Waals surface area (Å²) in [6.07, 6.45) is 4.63. The van der Waals surface area contributed by atoms with Gasteiger partial charge in [0.2, 0.25) is 0 Å². The zero-order chi connectivity index (χ0) is 23.4. The molecule has 0 bridgehead atoms. The molecule has 7 nitrogen and oxygen atoms in total. The number of likely N-dealkylation sites (tertiary alicyclic amines) is 1. The Morgan fingerprint density at radius 2 is 1.91 bits per heavy atom. The maximum Gasteiger partial charge on any atom is 0.303 e. The first kappa shape index (κ1) is 24.4. The van der Waals surface area contributed by atoms with E-state index in [4.69, 9.17) is 33.7 Å². The third kappa shape index (κ3) is 6.22. The lowest BCUT2D eigenvalue weighted by atomic mass is 10.1. The highest BCUT2D eigenvalue weighted by Gasteiger charge is 2.41. The number of hydrogen-bond donors (Lipinski definition) is 2. The summed E-state index contributed by atoms with van der Waals surface area (Å²) in [4.78, 5) is 19.1. The number of nitrogens with two attached hydrogens (primary N) is 1. The second-order valence-corrected chi connectivity index (χ2v) is 9.88. The molecule has 2 aliphatic heterocycles. The quantitative estimate of drug-likeness (QED) is 0.343. The number of carbonyl (C=O) groups excluding carboxylic acids is 1. The highest BCUT2D eigenvalue weighted by atomic mass is 35.5. The lowest BCUT2D eigenvalue weighted by Crippen LogP contribution is -2.54. The Labute approximate surface area is 206 Å². The third-order valence-electron chi connectivity index (χ3n) is 6.58. The number of ether oxygens (including phenoxy) is 1. The molecular weight excluding hydrogens is 461 g/mol. The average Bonchev–Trinajstić information content (AvgIpc) is 3.19. The van der Waals surface area contributed by atoms with Crippen LogP contribution in [0, 0.1) is 0 Å². The van der Waals surface area contributed by atoms with Gasteiger partial charge in [0.1, 0.15) is 6.10 Å². The van der Waals surface area contributed by atoms with Crippen LogP contribution in [0.2, 0.25) is 5.02 Å². The second kappa shape index (κ2) is 11.1. The van der Waals surface area contributed by atoms with Crippen molar-refractivity contribution >= 4 is 29.2 Å². The lowest BCUT2D eigenvalue weighted by Gasteiger charge is -2.39. The van der Waals surface area contributed by atoms with Crippen LogP contribution in [-0.2, 0) is 16.1 Å². The van der Waals surface area contributed by atoms with E-state index in [0.29, 0.717) is 19.6 Å². The van der Waals surface area contributed by atoms with Crippen LogP contribution in [0.5, 0.6) is 0 Å². The third-order valence-corrected chi connectivity index (χ3v) is 7.13. The maximum atomic E-state index is 11.9. The van der Waals surface area contributed by atoms with Crippen molar-refractivity contribution in [1.82, 2.24) is 20.0 Å². The normalized spacial score (nSPS) is 26.7. The van der Waals surface area contributed by atoms with E-state index in [1.807, 2.05) is 18.2 Å². The molecule has 4 rings (SSSR count). The SMILES string of the molecule is CC(=O)OC1CN(C2=C(NCN)CC(Cl)C=C2)C[C@H]1N1CCN(Cc2ccc(Cl)cc2)CC1. The number of esters is 1. The summed E-state index contributed by atoms with van der Waals surface area (Å²) in [5.41, 5.74) is 9.18. The van der Waals surface area contributed by atoms with E-state index in [9.17, 15) is 4.79 Å². The molecule has 3 atom stereocenters. The van der Waals surface area contributed by atoms with Crippen molar-refractivity contribution in [2.45, 2.75) is 37.4 Å². The second-order valence-electron chi connectivity index (χ2n) is 8.88. The van der Waals surface area contributed by atoms with E-state index in [1.54, 1.807) is 0 Å². The van der Waals surface area contributed by atoms with E-state index >= 15 is 0 Å². The van der Waals surface area contributed by atoms with Crippen LogP contribution < -0.4 is 11.1 Å². The van der Waals surface area contributed by atoms with Gasteiger partial charge in [0.25, 0.3) is 0 Å². The Hall–Kier alpha value is -1.77. The van der Waals surface area contributed by atoms with Gasteiger partial charge >= 0.3 is 5.97 Å². The van der Waals surface area contributed by atoms with Crippen LogP contribution in [0.1, 0.15) is 18.9 Å². The summed E-state index contributed by atoms with van der Waals surface area (Å²) >= 11 is 12.4. The Balaban J connectivity index is 1.41. The number of rotatable bonds is 7. The predicted octanol–water partition coefficient (Wildman–Crippen LogP) is 2.36. The highest BCUT2D eigenvalue weighted by molar-refractivity contribution is 6.30. The maximum absolute atomic E-state index is 11.9. The molecule has 0 aromatic heterocycles. The van der Waals surface area contributed by atoms with Gasteiger partial charge in [-0.15, -0.1) is 11.6 Å². The minimum absolute atomic E-state index is 0.0424. The molecule has 0 amide bonds. The fourth-order valence-corrected chi connectivity index (χ4v) is 5.33. The number of carbonyl (C=O) groups is 1. The molecule has 180 valence electrons. The molecule has 33 heavy (non-hydrogen) atoms. The van der Waals surface area contributed by atoms with Gasteiger partial charge in [-0.2, -0.15) is 0 Å². The number of halogens is 2. The van der Waals surface area contributed by atoms with Gasteiger partial charge in [-0.25, -0.2) is 0 Å². The van der Waals surface area contributed by atoms with Crippen molar-refractivity contribution in [2.24, 2.45) is 5.73 Å². The van der Waals surface area contributed by atoms with Gasteiger partial charge in [-0.3, -0.25) is 14.6 Å². The molecule has 2 heterocycles. The molecule has 2 unspecified atom stereocenters. The molecule has 1 aromatic rings. The smallest absolute Gasteiger partial charge is 0.303 e. The molecule has 2 fully saturated rings. The van der Waals surface area contributed by atoms with Crippen molar-refractivity contribution in [2.75, 3.05) is 45.9 Å². The van der Waals surface area contributed by atoms with Crippen molar-refractivity contribution in [1.29, 1.82) is 0 Å². The Kier molecular flexibility index (Phi) is 8.20. The molecule has 0 saturated carbocycles. The molecule has 3 aliphatic rings. The van der Waals surface area contributed by atoms with E-state index in [0.717, 1.165) is 55.7 Å². The van der Waals surface area contributed by atoms with Gasteiger partial charge in [-0.1, -0.05) is 29.8 Å². The summed E-state index contributed by atoms with van der Waals surface area (Å²) in [6.45, 7) is 8.06. The topological polar surface area (TPSA) is 74.1 Å². The van der Waals surface area contributed by atoms with Crippen molar-refractivity contribution in [3.8, 4) is 0 Å². The van der Waals surface area contributed by atoms with Crippen LogP contribution in [0.4, 0.5) is 0 Å². The number of allylic oxidation sites excluding steroid dienone is 3. The Morgan fingerprint density at radius 1 is 1.18 bits per heavy atom. The van der Waals surface area contributed by atoms with Crippen LogP contribution in [-0.4, -0.2) is 84.1 Å². The number of benzene rings is 1. The lowest BCUT2D eigenvalue weighted by molar-refractivity contribution is -0.148. The Morgan fingerprint density at radius 3 is 2.58 bits per heavy atom. The van der Waals surface area contributed by atoms with Gasteiger partial charge in [0.15, 0.2) is 0 Å². The first-order valence-electron chi connectivity index (χ1n) is 11.6. The van der Waals surface area contributed by atoms with Crippen LogP contribution >= 0.6 is 23.2 Å². The number of hydrogen-bond acceptors (Lipinski definition) is 7. The Bertz CT molecular complexity index is 883. The molecule has 1 aromatic carbocycles. The fraction of sp³-hybridized carbons (Fsp3) is 0.542. The minimum atomic E-state index is -0.234. The highest BCUT2D eigenvalue weighted by Crippen LogP contribution is 2.30. The number of nitrogens with zero attached hydrogens (tertiary/aromatic N) is 3. The summed E-state index contributed by atoms with van der Waals surface area (Å²) in [5, 5.41) is 3.99. The molecule has 0 radical (unpaired) electrons. The number of piperazine rings is 1. The van der Waals surface area contributed by atoms with Gasteiger partial charge < -0.3 is 20.7 Å². The molecule has 1 aliphatic carbocycles. The zero-order valence-corrected chi connectivity index (χ0v) is 20.6. The standard InChI is InChI=1S/C24H33Cl2N5O2/c1-17(32)33-24-15-31(22-7-6-20(26)12-21(22)28-16-27)14-23(24)30-10-8-29(9-11-30)13-18-2-4-19(25)5-3-18/h2-7,20,23-24,28H,8-16,27H2,1H3/t20?,23-,24?/m1/s1. The van der Waals surface area contributed by atoms with Gasteiger partial charge in [0.05, 0.1) is 30.3 Å². The van der Waals surface area contributed by atoms with E-state index < -0.39 is 0 Å². The average molecular weight is 494 g/mol. The van der Waals surface area contributed by atoms with E-state index in [2.05, 4.69) is 38.2 Å². The summed E-state index contributed by atoms with van der Waals surface area (Å²) < 4.78 is 5.78. The summed E-state index contributed by atoms with van der Waals surface area (Å²) in [5.74, 6) is -0.234. The first-order valence-corrected chi connectivity index (χ1v) is 12.4. The van der Waals surface area contributed by atoms with Crippen molar-refractivity contribution < 1.29 is 9.53 Å². The first-order chi connectivity index (χ1) is 15.9. The summed E-state index contributed by atoms with van der Waals surface area (Å²) in [6, 6.07) is 8.21. The van der Waals surface area contributed by atoms with E-state index in [-0.39, 0.29) is 23.5 Å². The number of alkyl halides is 1. The van der Waals surface area contributed by atoms with Gasteiger partial charge in [-0.05, 0) is 23.8 Å². The molecule has 9 heteroatoms. The van der Waals surface area contributed by atoms with Crippen molar-refractivity contribution in [3.63, 3.8) is 0 Å².